The molecule has 0 aromatic heterocycles. The normalized spacial score (nSPS) is 31.4. The molecular weight excluding hydrogens is 484 g/mol. The third-order valence-electron chi connectivity index (χ3n) is 7.13. The molecule has 3 heterocycles. The molecule has 1 aromatic rings. The van der Waals surface area contributed by atoms with E-state index in [4.69, 9.17) is 18.9 Å². The minimum Gasteiger partial charge on any atom is -0.497 e. The summed E-state index contributed by atoms with van der Waals surface area (Å²) in [5.74, 6) is 2.31. The molecule has 3 saturated heterocycles. The molecule has 3 aliphatic heterocycles. The quantitative estimate of drug-likeness (QED) is 0.448. The summed E-state index contributed by atoms with van der Waals surface area (Å²) in [6.45, 7) is 7.19. The van der Waals surface area contributed by atoms with Gasteiger partial charge in [-0.05, 0) is 54.4 Å². The molecule has 0 radical (unpaired) electrons. The largest absolute Gasteiger partial charge is 0.497 e. The van der Waals surface area contributed by atoms with Crippen molar-refractivity contribution in [1.82, 2.24) is 0 Å². The van der Waals surface area contributed by atoms with E-state index in [2.05, 4.69) is 6.58 Å². The van der Waals surface area contributed by atoms with Gasteiger partial charge >= 0.3 is 0 Å². The number of aliphatic hydroxyl groups excluding tert-OH is 2. The van der Waals surface area contributed by atoms with Gasteiger partial charge in [-0.1, -0.05) is 31.2 Å². The molecular formula is C27H40O6S2. The molecule has 35 heavy (non-hydrogen) atoms. The van der Waals surface area contributed by atoms with Gasteiger partial charge in [0.2, 0.25) is 0 Å². The predicted octanol–water partition coefficient (Wildman–Crippen LogP) is 4.77. The lowest BCUT2D eigenvalue weighted by molar-refractivity contribution is -0.331. The smallest absolute Gasteiger partial charge is 0.173 e. The molecule has 4 rings (SSSR count). The van der Waals surface area contributed by atoms with Crippen LogP contribution in [0.25, 0.3) is 0 Å². The molecule has 8 heteroatoms. The van der Waals surface area contributed by atoms with E-state index in [1.165, 1.54) is 6.42 Å². The highest BCUT2D eigenvalue weighted by atomic mass is 32.2. The molecule has 6 nitrogen and oxygen atoms in total. The zero-order valence-electron chi connectivity index (χ0n) is 20.9. The first-order chi connectivity index (χ1) is 16.8. The molecule has 0 bridgehead atoms. The van der Waals surface area contributed by atoms with Crippen LogP contribution in [-0.2, 0) is 20.8 Å². The van der Waals surface area contributed by atoms with Gasteiger partial charge in [-0.25, -0.2) is 0 Å². The second-order valence-electron chi connectivity index (χ2n) is 10.1. The van der Waals surface area contributed by atoms with Crippen LogP contribution in [0.1, 0.15) is 51.0 Å². The predicted molar refractivity (Wildman–Crippen MR) is 142 cm³/mol. The Kier molecular flexibility index (Phi) is 9.52. The van der Waals surface area contributed by atoms with Gasteiger partial charge in [0.15, 0.2) is 5.79 Å². The molecule has 0 amide bonds. The number of thioether (sulfide) groups is 2. The lowest BCUT2D eigenvalue weighted by Gasteiger charge is -2.54. The first-order valence-corrected chi connectivity index (χ1v) is 14.6. The van der Waals surface area contributed by atoms with Crippen LogP contribution in [0.4, 0.5) is 0 Å². The summed E-state index contributed by atoms with van der Waals surface area (Å²) in [6, 6.07) is 7.84. The summed E-state index contributed by atoms with van der Waals surface area (Å²) in [6.07, 6.45) is 3.86. The van der Waals surface area contributed by atoms with Gasteiger partial charge in [0.1, 0.15) is 5.75 Å². The number of hydrogen-bond acceptors (Lipinski definition) is 8. The van der Waals surface area contributed by atoms with Crippen LogP contribution in [-0.4, -0.2) is 70.2 Å². The van der Waals surface area contributed by atoms with E-state index in [0.717, 1.165) is 41.2 Å². The Balaban J connectivity index is 1.43. The zero-order valence-corrected chi connectivity index (χ0v) is 22.6. The molecule has 2 N–H and O–H groups in total. The average Bonchev–Trinajstić information content (AvgIpc) is 2.83. The van der Waals surface area contributed by atoms with Gasteiger partial charge in [0, 0.05) is 25.9 Å². The van der Waals surface area contributed by atoms with E-state index in [1.807, 2.05) is 54.7 Å². The van der Waals surface area contributed by atoms with Gasteiger partial charge in [0.25, 0.3) is 0 Å². The summed E-state index contributed by atoms with van der Waals surface area (Å²) < 4.78 is 24.6. The number of rotatable bonds is 9. The van der Waals surface area contributed by atoms with E-state index in [9.17, 15) is 10.2 Å². The topological polar surface area (TPSA) is 77.4 Å². The number of benzene rings is 1. The molecule has 5 atom stereocenters. The van der Waals surface area contributed by atoms with E-state index in [-0.39, 0.29) is 28.8 Å². The van der Waals surface area contributed by atoms with E-state index in [1.54, 1.807) is 7.11 Å². The maximum atomic E-state index is 10.9. The van der Waals surface area contributed by atoms with Crippen molar-refractivity contribution in [3.63, 3.8) is 0 Å². The first-order valence-electron chi connectivity index (χ1n) is 12.6. The van der Waals surface area contributed by atoms with Crippen molar-refractivity contribution in [2.75, 3.05) is 31.8 Å². The molecule has 0 aliphatic carbocycles. The van der Waals surface area contributed by atoms with E-state index >= 15 is 0 Å². The van der Waals surface area contributed by atoms with Crippen molar-refractivity contribution in [1.29, 1.82) is 0 Å². The van der Waals surface area contributed by atoms with Gasteiger partial charge in [-0.2, -0.15) is 0 Å². The first kappa shape index (κ1) is 27.3. The summed E-state index contributed by atoms with van der Waals surface area (Å²) in [5.41, 5.74) is 2.07. The van der Waals surface area contributed by atoms with Gasteiger partial charge < -0.3 is 29.2 Å². The Morgan fingerprint density at radius 2 is 1.89 bits per heavy atom. The molecule has 2 spiro atoms. The number of methoxy groups -OCH3 is 1. The number of ether oxygens (including phenoxy) is 4. The van der Waals surface area contributed by atoms with Crippen molar-refractivity contribution in [3.05, 3.63) is 42.0 Å². The fourth-order valence-corrected chi connectivity index (χ4v) is 8.85. The Morgan fingerprint density at radius 1 is 1.17 bits per heavy atom. The molecule has 0 saturated carbocycles. The van der Waals surface area contributed by atoms with Crippen LogP contribution >= 0.6 is 23.5 Å². The van der Waals surface area contributed by atoms with E-state index in [0.29, 0.717) is 32.5 Å². The Labute approximate surface area is 218 Å². The highest BCUT2D eigenvalue weighted by molar-refractivity contribution is 8.18. The van der Waals surface area contributed by atoms with Crippen LogP contribution in [0.5, 0.6) is 5.75 Å². The van der Waals surface area contributed by atoms with Crippen molar-refractivity contribution in [2.45, 2.75) is 80.2 Å². The minimum atomic E-state index is -0.825. The molecule has 3 aliphatic rings. The fraction of sp³-hybridized carbons (Fsp3) is 0.704. The second kappa shape index (κ2) is 12.2. The molecule has 196 valence electrons. The minimum absolute atomic E-state index is 0.0233. The second-order valence-corrected chi connectivity index (χ2v) is 13.4. The van der Waals surface area contributed by atoms with E-state index < -0.39 is 11.9 Å². The average molecular weight is 525 g/mol. The van der Waals surface area contributed by atoms with Crippen molar-refractivity contribution < 1.29 is 29.2 Å². The Bertz CT molecular complexity index is 827. The maximum Gasteiger partial charge on any atom is 0.173 e. The SMILES string of the molecule is C=C(C[C@@H]1CC2(C[C@@]3(CC(O)CC(COCc4ccc(OC)cc4)O3)O1)SCCCS2)C(C)CO. The summed E-state index contributed by atoms with van der Waals surface area (Å²) in [5, 5.41) is 20.5. The summed E-state index contributed by atoms with van der Waals surface area (Å²) in [7, 11) is 1.66. The number of aliphatic hydroxyl groups is 2. The van der Waals surface area contributed by atoms with Crippen LogP contribution in [0.2, 0.25) is 0 Å². The summed E-state index contributed by atoms with van der Waals surface area (Å²) in [4.78, 5) is 0. The lowest BCUT2D eigenvalue weighted by Crippen LogP contribution is -2.58. The number of hydrogen-bond donors (Lipinski definition) is 2. The third kappa shape index (κ3) is 7.18. The maximum absolute atomic E-state index is 10.9. The highest BCUT2D eigenvalue weighted by Gasteiger charge is 2.54. The van der Waals surface area contributed by atoms with Crippen LogP contribution in [0.15, 0.2) is 36.4 Å². The van der Waals surface area contributed by atoms with Crippen molar-refractivity contribution >= 4 is 23.5 Å². The molecule has 3 fully saturated rings. The fourth-order valence-electron chi connectivity index (χ4n) is 5.26. The van der Waals surface area contributed by atoms with Gasteiger partial charge in [-0.15, -0.1) is 23.5 Å². The molecule has 1 aromatic carbocycles. The lowest BCUT2D eigenvalue weighted by atomic mass is 9.88. The monoisotopic (exact) mass is 524 g/mol. The van der Waals surface area contributed by atoms with Crippen LogP contribution < -0.4 is 4.74 Å². The van der Waals surface area contributed by atoms with Gasteiger partial charge in [0.05, 0.1) is 42.7 Å². The highest BCUT2D eigenvalue weighted by Crippen LogP contribution is 2.57. The van der Waals surface area contributed by atoms with Crippen LogP contribution in [0.3, 0.4) is 0 Å². The van der Waals surface area contributed by atoms with Crippen LogP contribution in [0, 0.1) is 5.92 Å². The van der Waals surface area contributed by atoms with Gasteiger partial charge in [-0.3, -0.25) is 0 Å². The Hall–Kier alpha value is -0.740. The third-order valence-corrected chi connectivity index (χ3v) is 10.5. The zero-order chi connectivity index (χ0) is 24.9. The molecule has 3 unspecified atom stereocenters. The standard InChI is InChI=1S/C27H40O6S2/c1-19(20(2)15-28)11-24-14-27(34-9-4-10-35-27)18-26(32-24)13-22(29)12-25(33-26)17-31-16-21-5-7-23(30-3)8-6-21/h5-8,20,22,24-25,28-29H,1,4,9-18H2,2-3H3/t20?,22?,24-,25?,26+/m1/s1. The summed E-state index contributed by atoms with van der Waals surface area (Å²) >= 11 is 4.04. The Morgan fingerprint density at radius 3 is 2.57 bits per heavy atom. The van der Waals surface area contributed by atoms with Crippen molar-refractivity contribution in [3.8, 4) is 5.75 Å². The van der Waals surface area contributed by atoms with Crippen molar-refractivity contribution in [2.24, 2.45) is 5.92 Å².